The van der Waals surface area contributed by atoms with Crippen molar-refractivity contribution in [2.45, 2.75) is 19.4 Å². The normalized spacial score (nSPS) is 10.9. The Morgan fingerprint density at radius 2 is 2.06 bits per heavy atom. The van der Waals surface area contributed by atoms with Gasteiger partial charge >= 0.3 is 0 Å². The molecule has 1 aromatic heterocycles. The molecule has 0 saturated carbocycles. The van der Waals surface area contributed by atoms with E-state index >= 15 is 0 Å². The van der Waals surface area contributed by atoms with Gasteiger partial charge in [0.1, 0.15) is 5.60 Å². The Balaban J connectivity index is 2.43. The van der Waals surface area contributed by atoms with E-state index in [0.29, 0.717) is 0 Å². The Kier molecular flexibility index (Phi) is 2.64. The van der Waals surface area contributed by atoms with Crippen LogP contribution in [0.25, 0.3) is 10.9 Å². The summed E-state index contributed by atoms with van der Waals surface area (Å²) in [5.74, 6) is 5.72. The van der Waals surface area contributed by atoms with E-state index < -0.39 is 5.60 Å². The zero-order valence-corrected chi connectivity index (χ0v) is 9.36. The summed E-state index contributed by atoms with van der Waals surface area (Å²) in [4.78, 5) is 4.26. The van der Waals surface area contributed by atoms with Crippen LogP contribution >= 0.6 is 0 Å². The molecule has 0 bridgehead atoms. The predicted molar refractivity (Wildman–Crippen MR) is 64.9 cm³/mol. The van der Waals surface area contributed by atoms with Gasteiger partial charge in [0.25, 0.3) is 0 Å². The number of aliphatic hydroxyl groups is 1. The van der Waals surface area contributed by atoms with Crippen molar-refractivity contribution in [3.63, 3.8) is 0 Å². The maximum absolute atomic E-state index is 9.50. The second kappa shape index (κ2) is 3.96. The van der Waals surface area contributed by atoms with Crippen LogP contribution in [0.5, 0.6) is 0 Å². The highest BCUT2D eigenvalue weighted by atomic mass is 16.3. The Hall–Kier alpha value is -1.85. The first-order valence-electron chi connectivity index (χ1n) is 5.15. The minimum atomic E-state index is -0.959. The van der Waals surface area contributed by atoms with Gasteiger partial charge in [0.15, 0.2) is 0 Å². The molecule has 0 spiro atoms. The number of pyridine rings is 1. The van der Waals surface area contributed by atoms with Crippen LogP contribution in [0.4, 0.5) is 0 Å². The van der Waals surface area contributed by atoms with Crippen molar-refractivity contribution in [1.82, 2.24) is 4.98 Å². The van der Waals surface area contributed by atoms with E-state index in [0.717, 1.165) is 16.5 Å². The van der Waals surface area contributed by atoms with Gasteiger partial charge in [-0.25, -0.2) is 0 Å². The number of rotatable bonds is 0. The van der Waals surface area contributed by atoms with Crippen molar-refractivity contribution in [2.24, 2.45) is 0 Å². The number of hydrogen-bond donors (Lipinski definition) is 1. The molecule has 0 aliphatic heterocycles. The van der Waals surface area contributed by atoms with Gasteiger partial charge < -0.3 is 5.11 Å². The molecule has 0 fully saturated rings. The molecule has 0 aliphatic rings. The zero-order valence-electron chi connectivity index (χ0n) is 9.36. The number of benzene rings is 1. The third-order valence-electron chi connectivity index (χ3n) is 2.12. The first-order valence-corrected chi connectivity index (χ1v) is 5.15. The molecular weight excluding hydrogens is 198 g/mol. The van der Waals surface area contributed by atoms with E-state index in [1.165, 1.54) is 0 Å². The molecule has 0 aliphatic carbocycles. The summed E-state index contributed by atoms with van der Waals surface area (Å²) in [6.45, 7) is 3.33. The second-order valence-corrected chi connectivity index (χ2v) is 4.22. The lowest BCUT2D eigenvalue weighted by molar-refractivity contribution is 0.143. The van der Waals surface area contributed by atoms with Crippen molar-refractivity contribution in [2.75, 3.05) is 0 Å². The topological polar surface area (TPSA) is 33.1 Å². The molecule has 2 heteroatoms. The van der Waals surface area contributed by atoms with Crippen LogP contribution in [-0.2, 0) is 0 Å². The Morgan fingerprint density at radius 1 is 1.25 bits per heavy atom. The van der Waals surface area contributed by atoms with Gasteiger partial charge in [-0.2, -0.15) is 0 Å². The molecule has 1 aromatic carbocycles. The van der Waals surface area contributed by atoms with Crippen LogP contribution in [-0.4, -0.2) is 15.7 Å². The van der Waals surface area contributed by atoms with Gasteiger partial charge in [-0.15, -0.1) is 0 Å². The number of aromatic nitrogens is 1. The highest BCUT2D eigenvalue weighted by Gasteiger charge is 2.05. The molecule has 1 heterocycles. The first-order chi connectivity index (χ1) is 7.54. The third-order valence-corrected chi connectivity index (χ3v) is 2.12. The molecular formula is C14H13NO. The number of fused-ring (bicyclic) bond motifs is 1. The summed E-state index contributed by atoms with van der Waals surface area (Å²) < 4.78 is 0. The minimum Gasteiger partial charge on any atom is -0.378 e. The van der Waals surface area contributed by atoms with Crippen molar-refractivity contribution >= 4 is 10.9 Å². The summed E-state index contributed by atoms with van der Waals surface area (Å²) in [6, 6.07) is 9.76. The van der Waals surface area contributed by atoms with E-state index in [-0.39, 0.29) is 0 Å². The highest BCUT2D eigenvalue weighted by Crippen LogP contribution is 2.12. The molecule has 0 amide bonds. The van der Waals surface area contributed by atoms with Crippen LogP contribution in [0.2, 0.25) is 0 Å². The fourth-order valence-corrected chi connectivity index (χ4v) is 1.37. The van der Waals surface area contributed by atoms with Crippen LogP contribution in [0.3, 0.4) is 0 Å². The first kappa shape index (κ1) is 10.7. The second-order valence-electron chi connectivity index (χ2n) is 4.22. The zero-order chi connectivity index (χ0) is 11.6. The molecule has 0 saturated heterocycles. The summed E-state index contributed by atoms with van der Waals surface area (Å²) >= 11 is 0. The smallest absolute Gasteiger partial charge is 0.120 e. The van der Waals surface area contributed by atoms with Crippen LogP contribution in [0.1, 0.15) is 19.4 Å². The van der Waals surface area contributed by atoms with Gasteiger partial charge in [0, 0.05) is 17.1 Å². The average Bonchev–Trinajstić information content (AvgIpc) is 2.25. The molecule has 2 aromatic rings. The number of nitrogens with zero attached hydrogens (tertiary/aromatic N) is 1. The lowest BCUT2D eigenvalue weighted by Crippen LogP contribution is -2.14. The molecule has 2 rings (SSSR count). The molecule has 80 valence electrons. The van der Waals surface area contributed by atoms with Crippen molar-refractivity contribution in [3.05, 3.63) is 42.1 Å². The molecule has 0 radical (unpaired) electrons. The largest absolute Gasteiger partial charge is 0.378 e. The van der Waals surface area contributed by atoms with E-state index in [2.05, 4.69) is 16.8 Å². The summed E-state index contributed by atoms with van der Waals surface area (Å²) in [5.41, 5.74) is 0.831. The summed E-state index contributed by atoms with van der Waals surface area (Å²) in [7, 11) is 0. The van der Waals surface area contributed by atoms with Crippen molar-refractivity contribution in [1.29, 1.82) is 0 Å². The Labute approximate surface area is 95.0 Å². The van der Waals surface area contributed by atoms with Crippen LogP contribution in [0.15, 0.2) is 36.5 Å². The van der Waals surface area contributed by atoms with Gasteiger partial charge in [-0.05, 0) is 32.0 Å². The summed E-state index contributed by atoms with van der Waals surface area (Å²) in [5, 5.41) is 10.6. The minimum absolute atomic E-state index is 0.869. The van der Waals surface area contributed by atoms with Crippen LogP contribution < -0.4 is 0 Å². The lowest BCUT2D eigenvalue weighted by Gasteiger charge is -2.05. The lowest BCUT2D eigenvalue weighted by atomic mass is 10.1. The average molecular weight is 211 g/mol. The standard InChI is InChI=1S/C14H13NO/c1-14(2,16)8-7-11-5-6-12-4-3-9-15-13(12)10-11/h3-6,9-10,16H,1-2H3. The van der Waals surface area contributed by atoms with E-state index in [1.54, 1.807) is 20.0 Å². The van der Waals surface area contributed by atoms with Crippen LogP contribution in [0, 0.1) is 11.8 Å². The summed E-state index contributed by atoms with van der Waals surface area (Å²) in [6.07, 6.45) is 1.76. The molecule has 1 N–H and O–H groups in total. The fraction of sp³-hybridized carbons (Fsp3) is 0.214. The van der Waals surface area contributed by atoms with Gasteiger partial charge in [-0.1, -0.05) is 24.0 Å². The number of hydrogen-bond acceptors (Lipinski definition) is 2. The Morgan fingerprint density at radius 3 is 2.81 bits per heavy atom. The Bertz CT molecular complexity index is 570. The van der Waals surface area contributed by atoms with Gasteiger partial charge in [-0.3, -0.25) is 4.98 Å². The molecule has 0 atom stereocenters. The van der Waals surface area contributed by atoms with E-state index in [1.807, 2.05) is 30.3 Å². The van der Waals surface area contributed by atoms with Gasteiger partial charge in [0.2, 0.25) is 0 Å². The van der Waals surface area contributed by atoms with E-state index in [4.69, 9.17) is 0 Å². The molecule has 2 nitrogen and oxygen atoms in total. The third kappa shape index (κ3) is 2.59. The highest BCUT2D eigenvalue weighted by molar-refractivity contribution is 5.79. The maximum atomic E-state index is 9.50. The fourth-order valence-electron chi connectivity index (χ4n) is 1.37. The quantitative estimate of drug-likeness (QED) is 0.678. The van der Waals surface area contributed by atoms with E-state index in [9.17, 15) is 5.11 Å². The molecule has 0 unspecified atom stereocenters. The predicted octanol–water partition coefficient (Wildman–Crippen LogP) is 2.36. The van der Waals surface area contributed by atoms with Crippen molar-refractivity contribution in [3.8, 4) is 11.8 Å². The monoisotopic (exact) mass is 211 g/mol. The molecule has 16 heavy (non-hydrogen) atoms. The van der Waals surface area contributed by atoms with Crippen molar-refractivity contribution < 1.29 is 5.11 Å². The SMILES string of the molecule is CC(C)(O)C#Cc1ccc2cccnc2c1. The van der Waals surface area contributed by atoms with Gasteiger partial charge in [0.05, 0.1) is 5.52 Å². The maximum Gasteiger partial charge on any atom is 0.120 e.